The smallest absolute Gasteiger partial charge is 0.285 e. The van der Waals surface area contributed by atoms with Gasteiger partial charge in [-0.15, -0.1) is 0 Å². The molecule has 0 heterocycles. The minimum absolute atomic E-state index is 0.0433. The maximum atomic E-state index is 12.5. The number of nitrogens with two attached hydrogens (primary N) is 1. The van der Waals surface area contributed by atoms with Gasteiger partial charge in [0.2, 0.25) is 0 Å². The third-order valence-electron chi connectivity index (χ3n) is 3.60. The number of benzene rings is 1. The van der Waals surface area contributed by atoms with E-state index >= 15 is 0 Å². The molecule has 2 N–H and O–H groups in total. The Kier molecular flexibility index (Phi) is 3.77. The summed E-state index contributed by atoms with van der Waals surface area (Å²) in [6.07, 6.45) is 1.60. The molecule has 0 amide bonds. The van der Waals surface area contributed by atoms with Crippen molar-refractivity contribution in [1.29, 1.82) is 0 Å². The van der Waals surface area contributed by atoms with Gasteiger partial charge in [0.05, 0.1) is 15.7 Å². The summed E-state index contributed by atoms with van der Waals surface area (Å²) in [5.41, 5.74) is 5.85. The van der Waals surface area contributed by atoms with Gasteiger partial charge in [-0.25, -0.2) is 0 Å². The lowest BCUT2D eigenvalue weighted by Gasteiger charge is -2.17. The van der Waals surface area contributed by atoms with Gasteiger partial charge in [0.15, 0.2) is 0 Å². The van der Waals surface area contributed by atoms with Crippen LogP contribution in [0.1, 0.15) is 19.8 Å². The molecular formula is C12H16N2O3S. The Morgan fingerprint density at radius 1 is 1.39 bits per heavy atom. The van der Waals surface area contributed by atoms with E-state index in [1.165, 1.54) is 6.07 Å². The summed E-state index contributed by atoms with van der Waals surface area (Å²) < 4.78 is 12.5. The molecule has 0 spiro atoms. The van der Waals surface area contributed by atoms with Crippen molar-refractivity contribution in [1.82, 2.24) is 0 Å². The minimum Gasteiger partial charge on any atom is -0.327 e. The van der Waals surface area contributed by atoms with Crippen LogP contribution >= 0.6 is 0 Å². The highest BCUT2D eigenvalue weighted by molar-refractivity contribution is 7.85. The minimum atomic E-state index is -1.36. The van der Waals surface area contributed by atoms with E-state index in [1.807, 2.05) is 6.92 Å². The van der Waals surface area contributed by atoms with E-state index in [1.54, 1.807) is 18.2 Å². The number of hydrogen-bond donors (Lipinski definition) is 1. The third-order valence-corrected chi connectivity index (χ3v) is 5.59. The fourth-order valence-electron chi connectivity index (χ4n) is 2.40. The molecule has 1 saturated carbocycles. The Morgan fingerprint density at radius 2 is 2.06 bits per heavy atom. The molecule has 0 aromatic heterocycles. The van der Waals surface area contributed by atoms with Gasteiger partial charge in [-0.3, -0.25) is 14.3 Å². The van der Waals surface area contributed by atoms with Crippen molar-refractivity contribution >= 4 is 16.5 Å². The molecule has 1 fully saturated rings. The van der Waals surface area contributed by atoms with Crippen LogP contribution in [0.5, 0.6) is 0 Å². The van der Waals surface area contributed by atoms with Crippen LogP contribution in [0.3, 0.4) is 0 Å². The van der Waals surface area contributed by atoms with Crippen LogP contribution in [0.15, 0.2) is 29.2 Å². The average Bonchev–Trinajstić information content (AvgIpc) is 2.69. The first-order valence-corrected chi connectivity index (χ1v) is 7.13. The number of para-hydroxylation sites is 1. The highest BCUT2D eigenvalue weighted by Gasteiger charge is 2.36. The van der Waals surface area contributed by atoms with E-state index < -0.39 is 15.7 Å². The molecule has 1 aliphatic carbocycles. The second-order valence-corrected chi connectivity index (χ2v) is 6.30. The zero-order valence-corrected chi connectivity index (χ0v) is 10.9. The maximum absolute atomic E-state index is 12.5. The van der Waals surface area contributed by atoms with E-state index in [-0.39, 0.29) is 22.9 Å². The first kappa shape index (κ1) is 13.2. The Balaban J connectivity index is 2.32. The van der Waals surface area contributed by atoms with Crippen LogP contribution in [-0.4, -0.2) is 20.4 Å². The van der Waals surface area contributed by atoms with Crippen LogP contribution < -0.4 is 5.73 Å². The summed E-state index contributed by atoms with van der Waals surface area (Å²) in [4.78, 5) is 10.8. The molecule has 98 valence electrons. The zero-order chi connectivity index (χ0) is 13.3. The molecule has 4 unspecified atom stereocenters. The van der Waals surface area contributed by atoms with Gasteiger partial charge in [0, 0.05) is 17.4 Å². The number of nitro groups is 1. The Bertz CT molecular complexity index is 492. The predicted octanol–water partition coefficient (Wildman–Crippen LogP) is 1.83. The average molecular weight is 268 g/mol. The van der Waals surface area contributed by atoms with Crippen LogP contribution in [-0.2, 0) is 10.8 Å². The second kappa shape index (κ2) is 5.16. The zero-order valence-electron chi connectivity index (χ0n) is 10.1. The van der Waals surface area contributed by atoms with Crippen LogP contribution in [0.2, 0.25) is 0 Å². The van der Waals surface area contributed by atoms with Gasteiger partial charge in [0.25, 0.3) is 5.69 Å². The Morgan fingerprint density at radius 3 is 2.61 bits per heavy atom. The van der Waals surface area contributed by atoms with Crippen molar-refractivity contribution in [3.05, 3.63) is 34.4 Å². The lowest BCUT2D eigenvalue weighted by molar-refractivity contribution is -0.387. The summed E-state index contributed by atoms with van der Waals surface area (Å²) in [5, 5.41) is 10.9. The summed E-state index contributed by atoms with van der Waals surface area (Å²) in [5.74, 6) is 0.130. The Labute approximate surface area is 108 Å². The van der Waals surface area contributed by atoms with Crippen molar-refractivity contribution in [2.45, 2.75) is 36.0 Å². The van der Waals surface area contributed by atoms with Crippen LogP contribution in [0.4, 0.5) is 5.69 Å². The van der Waals surface area contributed by atoms with Crippen LogP contribution in [0, 0.1) is 16.0 Å². The molecule has 0 saturated heterocycles. The van der Waals surface area contributed by atoms with Crippen molar-refractivity contribution in [2.75, 3.05) is 0 Å². The Hall–Kier alpha value is -1.27. The van der Waals surface area contributed by atoms with E-state index in [9.17, 15) is 14.3 Å². The quantitative estimate of drug-likeness (QED) is 0.669. The SMILES string of the molecule is CC1C(N)CCC1S(=O)c1ccccc1[N+](=O)[O-]. The van der Waals surface area contributed by atoms with Gasteiger partial charge in [-0.1, -0.05) is 19.1 Å². The number of nitro benzene ring substituents is 1. The number of nitrogens with zero attached hydrogens (tertiary/aromatic N) is 1. The second-order valence-electron chi connectivity index (χ2n) is 4.66. The molecule has 1 aromatic rings. The largest absolute Gasteiger partial charge is 0.327 e. The number of hydrogen-bond acceptors (Lipinski definition) is 4. The van der Waals surface area contributed by atoms with Gasteiger partial charge in [-0.2, -0.15) is 0 Å². The lowest BCUT2D eigenvalue weighted by Crippen LogP contribution is -2.29. The van der Waals surface area contributed by atoms with E-state index in [4.69, 9.17) is 5.73 Å². The summed E-state index contributed by atoms with van der Waals surface area (Å²) >= 11 is 0. The molecular weight excluding hydrogens is 252 g/mol. The lowest BCUT2D eigenvalue weighted by atomic mass is 10.1. The van der Waals surface area contributed by atoms with Crippen molar-refractivity contribution in [2.24, 2.45) is 11.7 Å². The topological polar surface area (TPSA) is 86.2 Å². The standard InChI is InChI=1S/C12H16N2O3S/c1-8-9(13)6-7-11(8)18(17)12-5-3-2-4-10(12)14(15)16/h2-5,8-9,11H,6-7,13H2,1H3. The van der Waals surface area contributed by atoms with Crippen molar-refractivity contribution in [3.8, 4) is 0 Å². The van der Waals surface area contributed by atoms with E-state index in [2.05, 4.69) is 0 Å². The summed E-state index contributed by atoms with van der Waals surface area (Å²) in [7, 11) is -1.36. The molecule has 18 heavy (non-hydrogen) atoms. The monoisotopic (exact) mass is 268 g/mol. The molecule has 0 aliphatic heterocycles. The molecule has 4 atom stereocenters. The maximum Gasteiger partial charge on any atom is 0.285 e. The molecule has 5 nitrogen and oxygen atoms in total. The van der Waals surface area contributed by atoms with Gasteiger partial charge in [0.1, 0.15) is 4.90 Å². The predicted molar refractivity (Wildman–Crippen MR) is 69.7 cm³/mol. The highest BCUT2D eigenvalue weighted by Crippen LogP contribution is 2.34. The van der Waals surface area contributed by atoms with E-state index in [0.29, 0.717) is 4.90 Å². The summed E-state index contributed by atoms with van der Waals surface area (Å²) in [6.45, 7) is 1.97. The number of rotatable bonds is 3. The molecule has 0 bridgehead atoms. The molecule has 1 aliphatic rings. The fourth-order valence-corrected chi connectivity index (χ4v) is 4.23. The van der Waals surface area contributed by atoms with E-state index in [0.717, 1.165) is 12.8 Å². The molecule has 1 aromatic carbocycles. The first-order chi connectivity index (χ1) is 8.52. The molecule has 2 rings (SSSR count). The van der Waals surface area contributed by atoms with Gasteiger partial charge >= 0.3 is 0 Å². The first-order valence-electron chi connectivity index (χ1n) is 5.92. The summed E-state index contributed by atoms with van der Waals surface area (Å²) in [6, 6.07) is 6.28. The molecule has 6 heteroatoms. The van der Waals surface area contributed by atoms with Crippen molar-refractivity contribution < 1.29 is 9.13 Å². The van der Waals surface area contributed by atoms with Gasteiger partial charge < -0.3 is 5.73 Å². The van der Waals surface area contributed by atoms with Crippen LogP contribution in [0.25, 0.3) is 0 Å². The molecule has 0 radical (unpaired) electrons. The van der Waals surface area contributed by atoms with Crippen molar-refractivity contribution in [3.63, 3.8) is 0 Å². The third kappa shape index (κ3) is 2.30. The fraction of sp³-hybridized carbons (Fsp3) is 0.500. The highest BCUT2D eigenvalue weighted by atomic mass is 32.2. The normalized spacial score (nSPS) is 29.1. The van der Waals surface area contributed by atoms with Gasteiger partial charge in [-0.05, 0) is 24.8 Å².